The van der Waals surface area contributed by atoms with Gasteiger partial charge in [0.25, 0.3) is 0 Å². The molecule has 0 bridgehead atoms. The van der Waals surface area contributed by atoms with Gasteiger partial charge in [0, 0.05) is 0 Å². The molecule has 0 saturated heterocycles. The van der Waals surface area contributed by atoms with Crippen LogP contribution in [0.5, 0.6) is 0 Å². The minimum atomic E-state index is -4.63. The van der Waals surface area contributed by atoms with Gasteiger partial charge in [0.15, 0.2) is 0 Å². The van der Waals surface area contributed by atoms with Crippen LogP contribution in [0, 0.1) is 17.8 Å². The first-order chi connectivity index (χ1) is 14.7. The number of halogens is 3. The maximum Gasteiger partial charge on any atom is 0.523 e. The number of hydrogen-bond donors (Lipinski definition) is 0. The number of allylic oxidation sites excluding steroid dienone is 2. The number of benzene rings is 1. The molecule has 2 aliphatic rings. The molecule has 31 heavy (non-hydrogen) atoms. The molecule has 172 valence electrons. The van der Waals surface area contributed by atoms with Crippen LogP contribution < -0.4 is 0 Å². The van der Waals surface area contributed by atoms with Gasteiger partial charge in [-0.2, -0.15) is 0 Å². The van der Waals surface area contributed by atoms with Gasteiger partial charge in [-0.05, 0) is 48.2 Å². The van der Waals surface area contributed by atoms with Crippen molar-refractivity contribution in [1.29, 1.82) is 0 Å². The first-order valence-corrected chi connectivity index (χ1v) is 12.0. The topological polar surface area (TPSA) is 9.23 Å². The largest absolute Gasteiger partial charge is 0.523 e. The van der Waals surface area contributed by atoms with Crippen LogP contribution >= 0.6 is 0 Å². The summed E-state index contributed by atoms with van der Waals surface area (Å²) in [7, 11) is 0. The van der Waals surface area contributed by atoms with E-state index >= 15 is 0 Å². The van der Waals surface area contributed by atoms with E-state index in [4.69, 9.17) is 4.74 Å². The second-order valence-corrected chi connectivity index (χ2v) is 9.93. The summed E-state index contributed by atoms with van der Waals surface area (Å²) in [6, 6.07) is 9.78. The summed E-state index contributed by atoms with van der Waals surface area (Å²) in [4.78, 5) is 0. The molecular formula is C27H37F3O. The summed E-state index contributed by atoms with van der Waals surface area (Å²) < 4.78 is 44.4. The highest BCUT2D eigenvalue weighted by atomic mass is 19.4. The average molecular weight is 435 g/mol. The first kappa shape index (κ1) is 24.1. The first-order valence-electron chi connectivity index (χ1n) is 12.0. The fourth-order valence-electron chi connectivity index (χ4n) is 5.12. The van der Waals surface area contributed by atoms with Gasteiger partial charge in [-0.3, -0.25) is 4.74 Å². The highest BCUT2D eigenvalue weighted by Crippen LogP contribution is 2.41. The average Bonchev–Trinajstić information content (AvgIpc) is 2.73. The van der Waals surface area contributed by atoms with Gasteiger partial charge in [-0.15, -0.1) is 13.2 Å². The van der Waals surface area contributed by atoms with Gasteiger partial charge >= 0.3 is 6.36 Å². The predicted octanol–water partition coefficient (Wildman–Crippen LogP) is 8.72. The van der Waals surface area contributed by atoms with Gasteiger partial charge in [-0.1, -0.05) is 107 Å². The second-order valence-electron chi connectivity index (χ2n) is 9.93. The molecule has 0 N–H and O–H groups in total. The van der Waals surface area contributed by atoms with Crippen LogP contribution in [0.2, 0.25) is 0 Å². The lowest BCUT2D eigenvalue weighted by molar-refractivity contribution is -0.359. The van der Waals surface area contributed by atoms with Gasteiger partial charge in [0.1, 0.15) is 0 Å². The Balaban J connectivity index is 1.53. The smallest absolute Gasteiger partial charge is 0.281 e. The van der Waals surface area contributed by atoms with Crippen LogP contribution in [0.1, 0.15) is 83.6 Å². The highest BCUT2D eigenvalue weighted by Gasteiger charge is 2.42. The summed E-state index contributed by atoms with van der Waals surface area (Å²) in [5, 5.41) is 0. The van der Waals surface area contributed by atoms with E-state index in [-0.39, 0.29) is 6.42 Å². The minimum absolute atomic E-state index is 0.262. The SMILES string of the molecule is CC(C)CCCC1CCC(CCC2(OC(F)(F)F)C=CC(c3ccccc3)=CC2)CC1. The summed E-state index contributed by atoms with van der Waals surface area (Å²) in [5.74, 6) is 2.09. The molecule has 2 aliphatic carbocycles. The molecule has 3 rings (SSSR count). The number of alkyl halides is 3. The Hall–Kier alpha value is -1.55. The van der Waals surface area contributed by atoms with Gasteiger partial charge in [0.05, 0.1) is 5.60 Å². The van der Waals surface area contributed by atoms with E-state index in [1.54, 1.807) is 12.2 Å². The zero-order valence-corrected chi connectivity index (χ0v) is 19.0. The molecule has 1 aromatic rings. The van der Waals surface area contributed by atoms with Crippen molar-refractivity contribution in [3.05, 3.63) is 54.1 Å². The molecule has 0 aromatic heterocycles. The summed E-state index contributed by atoms with van der Waals surface area (Å²) in [6.45, 7) is 4.54. The Morgan fingerprint density at radius 2 is 1.65 bits per heavy atom. The molecule has 0 amide bonds. The minimum Gasteiger partial charge on any atom is -0.281 e. The van der Waals surface area contributed by atoms with Crippen molar-refractivity contribution in [3.8, 4) is 0 Å². The van der Waals surface area contributed by atoms with E-state index in [0.29, 0.717) is 12.3 Å². The van der Waals surface area contributed by atoms with Crippen LogP contribution in [0.25, 0.3) is 5.57 Å². The van der Waals surface area contributed by atoms with Crippen LogP contribution in [0.4, 0.5) is 13.2 Å². The molecule has 1 fully saturated rings. The molecule has 0 spiro atoms. The zero-order chi connectivity index (χ0) is 22.3. The molecule has 1 unspecified atom stereocenters. The molecule has 1 atom stereocenters. The third-order valence-corrected chi connectivity index (χ3v) is 7.00. The Kier molecular flexibility index (Phi) is 8.43. The molecule has 0 aliphatic heterocycles. The van der Waals surface area contributed by atoms with Crippen molar-refractivity contribution in [3.63, 3.8) is 0 Å². The summed E-state index contributed by atoms with van der Waals surface area (Å²) in [5.41, 5.74) is 0.712. The monoisotopic (exact) mass is 434 g/mol. The Morgan fingerprint density at radius 1 is 1.00 bits per heavy atom. The van der Waals surface area contributed by atoms with Gasteiger partial charge < -0.3 is 0 Å². The molecule has 1 aromatic carbocycles. The second kappa shape index (κ2) is 10.8. The molecule has 0 radical (unpaired) electrons. The van der Waals surface area contributed by atoms with E-state index < -0.39 is 12.0 Å². The Labute approximate surface area is 185 Å². The lowest BCUT2D eigenvalue weighted by atomic mass is 9.75. The number of ether oxygens (including phenoxy) is 1. The zero-order valence-electron chi connectivity index (χ0n) is 19.0. The van der Waals surface area contributed by atoms with Crippen molar-refractivity contribution in [2.45, 2.75) is 90.0 Å². The predicted molar refractivity (Wildman–Crippen MR) is 121 cm³/mol. The van der Waals surface area contributed by atoms with E-state index in [2.05, 4.69) is 13.8 Å². The van der Waals surface area contributed by atoms with Crippen molar-refractivity contribution in [1.82, 2.24) is 0 Å². The summed E-state index contributed by atoms with van der Waals surface area (Å²) >= 11 is 0. The van der Waals surface area contributed by atoms with E-state index in [0.717, 1.165) is 42.2 Å². The van der Waals surface area contributed by atoms with Crippen LogP contribution in [0.15, 0.2) is 48.6 Å². The normalized spacial score (nSPS) is 26.8. The van der Waals surface area contributed by atoms with Gasteiger partial charge in [0.2, 0.25) is 0 Å². The molecule has 4 heteroatoms. The van der Waals surface area contributed by atoms with Crippen LogP contribution in [0.3, 0.4) is 0 Å². The quantitative estimate of drug-likeness (QED) is 0.377. The Morgan fingerprint density at radius 3 is 2.19 bits per heavy atom. The van der Waals surface area contributed by atoms with Crippen LogP contribution in [-0.2, 0) is 4.74 Å². The van der Waals surface area contributed by atoms with Crippen molar-refractivity contribution < 1.29 is 17.9 Å². The number of hydrogen-bond acceptors (Lipinski definition) is 1. The van der Waals surface area contributed by atoms with Crippen molar-refractivity contribution in [2.75, 3.05) is 0 Å². The van der Waals surface area contributed by atoms with E-state index in [1.165, 1.54) is 32.1 Å². The number of rotatable bonds is 9. The van der Waals surface area contributed by atoms with E-state index in [9.17, 15) is 13.2 Å². The molecule has 1 nitrogen and oxygen atoms in total. The summed E-state index contributed by atoms with van der Waals surface area (Å²) in [6.07, 6.45) is 10.8. The lowest BCUT2D eigenvalue weighted by Gasteiger charge is -2.36. The van der Waals surface area contributed by atoms with Gasteiger partial charge in [-0.25, -0.2) is 0 Å². The third kappa shape index (κ3) is 7.82. The Bertz CT molecular complexity index is 727. The maximum absolute atomic E-state index is 13.2. The highest BCUT2D eigenvalue weighted by molar-refractivity contribution is 5.75. The van der Waals surface area contributed by atoms with E-state index in [1.807, 2.05) is 36.4 Å². The standard InChI is InChI=1S/C27H37F3O/c1-21(2)7-6-8-22-11-13-23(14-12-22)15-18-26(31-27(28,29)30)19-16-25(17-20-26)24-9-4-3-5-10-24/h3-5,9-10,16-17,19,21-23H,6-8,11-15,18,20H2,1-2H3. The molecular weight excluding hydrogens is 397 g/mol. The van der Waals surface area contributed by atoms with Crippen molar-refractivity contribution in [2.24, 2.45) is 17.8 Å². The molecule has 0 heterocycles. The fourth-order valence-corrected chi connectivity index (χ4v) is 5.12. The third-order valence-electron chi connectivity index (χ3n) is 7.00. The lowest BCUT2D eigenvalue weighted by Crippen LogP contribution is -2.37. The maximum atomic E-state index is 13.2. The van der Waals surface area contributed by atoms with Crippen LogP contribution in [-0.4, -0.2) is 12.0 Å². The fraction of sp³-hybridized carbons (Fsp3) is 0.630. The molecule has 1 saturated carbocycles. The van der Waals surface area contributed by atoms with Crippen molar-refractivity contribution >= 4 is 5.57 Å².